The third-order valence-corrected chi connectivity index (χ3v) is 3.89. The lowest BCUT2D eigenvalue weighted by Gasteiger charge is -2.17. The Morgan fingerprint density at radius 1 is 1.08 bits per heavy atom. The summed E-state index contributed by atoms with van der Waals surface area (Å²) in [5, 5.41) is 2.71. The van der Waals surface area contributed by atoms with Gasteiger partial charge in [0, 0.05) is 28.1 Å². The van der Waals surface area contributed by atoms with Crippen molar-refractivity contribution >= 4 is 29.0 Å². The number of carbonyl (C=O) groups is 3. The molecule has 0 spiro atoms. The number of hydrogen-bond acceptors (Lipinski definition) is 3. The summed E-state index contributed by atoms with van der Waals surface area (Å²) in [6.07, 6.45) is 0. The van der Waals surface area contributed by atoms with Gasteiger partial charge in [-0.25, -0.2) is 0 Å². The summed E-state index contributed by atoms with van der Waals surface area (Å²) in [6, 6.07) is 13.8. The van der Waals surface area contributed by atoms with Gasteiger partial charge in [0.2, 0.25) is 5.91 Å². The summed E-state index contributed by atoms with van der Waals surface area (Å²) in [6.45, 7) is 5.24. The van der Waals surface area contributed by atoms with E-state index in [0.717, 1.165) is 5.56 Å². The van der Waals surface area contributed by atoms with Gasteiger partial charge in [-0.2, -0.15) is 0 Å². The van der Waals surface area contributed by atoms with Gasteiger partial charge in [-0.05, 0) is 25.1 Å². The molecule has 1 heterocycles. The molecule has 120 valence electrons. The zero-order chi connectivity index (χ0) is 17.3. The lowest BCUT2D eigenvalue weighted by atomic mass is 10.1. The smallest absolute Gasteiger partial charge is 0.259 e. The SMILES string of the molecule is C=C1c2ccccc2C(=O)N1CC(=O)Nc1cccc(C(C)=O)c1. The molecule has 0 fully saturated rings. The second kappa shape index (κ2) is 6.12. The Hall–Kier alpha value is -3.21. The van der Waals surface area contributed by atoms with Crippen LogP contribution in [0.3, 0.4) is 0 Å². The molecule has 0 radical (unpaired) electrons. The molecule has 1 aliphatic rings. The first kappa shape index (κ1) is 15.7. The summed E-state index contributed by atoms with van der Waals surface area (Å²) in [5.74, 6) is -0.661. The molecule has 5 nitrogen and oxygen atoms in total. The zero-order valence-corrected chi connectivity index (χ0v) is 13.2. The number of rotatable bonds is 4. The normalized spacial score (nSPS) is 13.0. The number of anilines is 1. The highest BCUT2D eigenvalue weighted by Crippen LogP contribution is 2.30. The van der Waals surface area contributed by atoms with E-state index in [-0.39, 0.29) is 24.1 Å². The van der Waals surface area contributed by atoms with Gasteiger partial charge < -0.3 is 5.32 Å². The molecule has 5 heteroatoms. The van der Waals surface area contributed by atoms with Crippen molar-refractivity contribution in [2.24, 2.45) is 0 Å². The van der Waals surface area contributed by atoms with E-state index in [4.69, 9.17) is 0 Å². The Morgan fingerprint density at radius 3 is 2.46 bits per heavy atom. The number of hydrogen-bond donors (Lipinski definition) is 1. The van der Waals surface area contributed by atoms with Crippen molar-refractivity contribution in [1.82, 2.24) is 4.90 Å². The fraction of sp³-hybridized carbons (Fsp3) is 0.105. The van der Waals surface area contributed by atoms with Crippen LogP contribution in [0.4, 0.5) is 5.69 Å². The van der Waals surface area contributed by atoms with E-state index in [0.29, 0.717) is 22.5 Å². The van der Waals surface area contributed by atoms with Crippen molar-refractivity contribution in [3.05, 3.63) is 71.8 Å². The van der Waals surface area contributed by atoms with Crippen LogP contribution >= 0.6 is 0 Å². The second-order valence-electron chi connectivity index (χ2n) is 5.57. The topological polar surface area (TPSA) is 66.5 Å². The van der Waals surface area contributed by atoms with Crippen molar-refractivity contribution in [2.75, 3.05) is 11.9 Å². The maximum atomic E-state index is 12.4. The third-order valence-electron chi connectivity index (χ3n) is 3.89. The maximum Gasteiger partial charge on any atom is 0.259 e. The quantitative estimate of drug-likeness (QED) is 0.881. The Morgan fingerprint density at radius 2 is 1.79 bits per heavy atom. The van der Waals surface area contributed by atoms with Crippen LogP contribution in [-0.2, 0) is 4.79 Å². The van der Waals surface area contributed by atoms with Crippen molar-refractivity contribution in [3.63, 3.8) is 0 Å². The maximum absolute atomic E-state index is 12.4. The van der Waals surface area contributed by atoms with Gasteiger partial charge in [0.15, 0.2) is 5.78 Å². The molecule has 1 N–H and O–H groups in total. The lowest BCUT2D eigenvalue weighted by molar-refractivity contribution is -0.116. The number of ketones is 1. The van der Waals surface area contributed by atoms with E-state index in [2.05, 4.69) is 11.9 Å². The van der Waals surface area contributed by atoms with Crippen LogP contribution in [0.1, 0.15) is 33.2 Å². The largest absolute Gasteiger partial charge is 0.325 e. The highest BCUT2D eigenvalue weighted by molar-refractivity contribution is 6.11. The van der Waals surface area contributed by atoms with Crippen molar-refractivity contribution in [2.45, 2.75) is 6.92 Å². The first-order valence-electron chi connectivity index (χ1n) is 7.48. The van der Waals surface area contributed by atoms with Crippen LogP contribution in [0.5, 0.6) is 0 Å². The number of amides is 2. The number of benzene rings is 2. The van der Waals surface area contributed by atoms with Gasteiger partial charge in [-0.15, -0.1) is 0 Å². The first-order chi connectivity index (χ1) is 11.5. The van der Waals surface area contributed by atoms with Crippen molar-refractivity contribution < 1.29 is 14.4 Å². The fourth-order valence-corrected chi connectivity index (χ4v) is 2.66. The Labute approximate surface area is 139 Å². The number of Topliss-reactive ketones (excluding diaryl/α,β-unsaturated/α-hetero) is 1. The van der Waals surface area contributed by atoms with Gasteiger partial charge >= 0.3 is 0 Å². The molecular weight excluding hydrogens is 304 g/mol. The standard InChI is InChI=1S/C19H16N2O3/c1-12-16-8-3-4-9-17(16)19(24)21(12)11-18(23)20-15-7-5-6-14(10-15)13(2)22/h3-10H,1,11H2,2H3,(H,20,23). The van der Waals surface area contributed by atoms with Gasteiger partial charge in [-0.1, -0.05) is 36.9 Å². The molecule has 2 aromatic rings. The number of nitrogens with one attached hydrogen (secondary N) is 1. The highest BCUT2D eigenvalue weighted by Gasteiger charge is 2.31. The summed E-state index contributed by atoms with van der Waals surface area (Å²) < 4.78 is 0. The van der Waals surface area contributed by atoms with Crippen molar-refractivity contribution in [3.8, 4) is 0 Å². The molecule has 0 saturated carbocycles. The summed E-state index contributed by atoms with van der Waals surface area (Å²) >= 11 is 0. The van der Waals surface area contributed by atoms with Crippen LogP contribution in [-0.4, -0.2) is 29.0 Å². The molecule has 0 aromatic heterocycles. The minimum atomic E-state index is -0.349. The van der Waals surface area contributed by atoms with E-state index < -0.39 is 0 Å². The molecule has 0 saturated heterocycles. The van der Waals surface area contributed by atoms with Crippen LogP contribution < -0.4 is 5.32 Å². The van der Waals surface area contributed by atoms with Gasteiger partial charge in [0.1, 0.15) is 6.54 Å². The predicted octanol–water partition coefficient (Wildman–Crippen LogP) is 2.95. The molecule has 24 heavy (non-hydrogen) atoms. The predicted molar refractivity (Wildman–Crippen MR) is 91.6 cm³/mol. The number of nitrogens with zero attached hydrogens (tertiary/aromatic N) is 1. The van der Waals surface area contributed by atoms with Crippen LogP contribution in [0.2, 0.25) is 0 Å². The van der Waals surface area contributed by atoms with E-state index in [1.165, 1.54) is 11.8 Å². The average Bonchev–Trinajstić information content (AvgIpc) is 2.80. The first-order valence-corrected chi connectivity index (χ1v) is 7.48. The average molecular weight is 320 g/mol. The Balaban J connectivity index is 1.72. The second-order valence-corrected chi connectivity index (χ2v) is 5.57. The van der Waals surface area contributed by atoms with Gasteiger partial charge in [-0.3, -0.25) is 19.3 Å². The molecule has 0 aliphatic carbocycles. The summed E-state index contributed by atoms with van der Waals surface area (Å²) in [4.78, 5) is 37.4. The molecule has 0 unspecified atom stereocenters. The van der Waals surface area contributed by atoms with E-state index in [1.54, 1.807) is 36.4 Å². The number of fused-ring (bicyclic) bond motifs is 1. The minimum Gasteiger partial charge on any atom is -0.325 e. The zero-order valence-electron chi connectivity index (χ0n) is 13.2. The van der Waals surface area contributed by atoms with Crippen LogP contribution in [0.15, 0.2) is 55.1 Å². The third kappa shape index (κ3) is 2.84. The van der Waals surface area contributed by atoms with Gasteiger partial charge in [0.25, 0.3) is 5.91 Å². The molecule has 0 bridgehead atoms. The van der Waals surface area contributed by atoms with Crippen molar-refractivity contribution in [1.29, 1.82) is 0 Å². The summed E-state index contributed by atoms with van der Waals surface area (Å²) in [5.41, 5.74) is 2.84. The van der Waals surface area contributed by atoms with Crippen LogP contribution in [0.25, 0.3) is 5.70 Å². The molecule has 1 aliphatic heterocycles. The Kier molecular flexibility index (Phi) is 4.00. The molecule has 3 rings (SSSR count). The van der Waals surface area contributed by atoms with E-state index in [9.17, 15) is 14.4 Å². The molecular formula is C19H16N2O3. The van der Waals surface area contributed by atoms with Gasteiger partial charge in [0.05, 0.1) is 0 Å². The number of carbonyl (C=O) groups excluding carboxylic acids is 3. The highest BCUT2D eigenvalue weighted by atomic mass is 16.2. The summed E-state index contributed by atoms with van der Waals surface area (Å²) in [7, 11) is 0. The Bertz CT molecular complexity index is 835. The van der Waals surface area contributed by atoms with E-state index in [1.807, 2.05) is 12.1 Å². The minimum absolute atomic E-state index is 0.0790. The lowest BCUT2D eigenvalue weighted by Crippen LogP contribution is -2.32. The molecule has 2 amide bonds. The monoisotopic (exact) mass is 320 g/mol. The fourth-order valence-electron chi connectivity index (χ4n) is 2.66. The van der Waals surface area contributed by atoms with Crippen LogP contribution in [0, 0.1) is 0 Å². The molecule has 2 aromatic carbocycles. The van der Waals surface area contributed by atoms with E-state index >= 15 is 0 Å². The molecule has 0 atom stereocenters.